The van der Waals surface area contributed by atoms with Gasteiger partial charge in [-0.05, 0) is 25.2 Å². The molecule has 1 saturated heterocycles. The van der Waals surface area contributed by atoms with Crippen LogP contribution in [0.1, 0.15) is 19.3 Å². The van der Waals surface area contributed by atoms with Crippen LogP contribution < -0.4 is 0 Å². The van der Waals surface area contributed by atoms with Gasteiger partial charge in [-0.3, -0.25) is 4.90 Å². The van der Waals surface area contributed by atoms with Crippen molar-refractivity contribution in [1.29, 1.82) is 0 Å². The Labute approximate surface area is 50.7 Å². The van der Waals surface area contributed by atoms with Crippen LogP contribution in [0.3, 0.4) is 0 Å². The summed E-state index contributed by atoms with van der Waals surface area (Å²) in [7, 11) is 3.95. The van der Waals surface area contributed by atoms with Crippen molar-refractivity contribution in [3.63, 3.8) is 0 Å². The van der Waals surface area contributed by atoms with Crippen molar-refractivity contribution < 1.29 is 0 Å². The summed E-state index contributed by atoms with van der Waals surface area (Å²) >= 11 is 0. The maximum atomic E-state index is 3.95. The molecule has 1 saturated carbocycles. The fourth-order valence-corrected chi connectivity index (χ4v) is 2.03. The van der Waals surface area contributed by atoms with E-state index in [-0.39, 0.29) is 0 Å². The largest absolute Gasteiger partial charge is 0.299 e. The van der Waals surface area contributed by atoms with Crippen molar-refractivity contribution >= 4 is 0 Å². The fraction of sp³-hybridized carbons (Fsp3) is 0.857. The summed E-state index contributed by atoms with van der Waals surface area (Å²) in [4.78, 5) is 2.26. The molecule has 45 valence electrons. The Morgan fingerprint density at radius 1 is 1.38 bits per heavy atom. The molecule has 2 aliphatic rings. The zero-order chi connectivity index (χ0) is 5.56. The highest BCUT2D eigenvalue weighted by Crippen LogP contribution is 2.36. The van der Waals surface area contributed by atoms with Gasteiger partial charge in [0.25, 0.3) is 0 Å². The number of likely N-dealkylation sites (tertiary alicyclic amines) is 1. The minimum atomic E-state index is 0.861. The van der Waals surface area contributed by atoms with Crippen molar-refractivity contribution in [3.8, 4) is 0 Å². The molecule has 1 nitrogen and oxygen atoms in total. The van der Waals surface area contributed by atoms with Gasteiger partial charge in [0.15, 0.2) is 0 Å². The molecule has 0 N–H and O–H groups in total. The second-order valence-electron chi connectivity index (χ2n) is 3.10. The van der Waals surface area contributed by atoms with Gasteiger partial charge < -0.3 is 0 Å². The lowest BCUT2D eigenvalue weighted by atomic mass is 10.1. The van der Waals surface area contributed by atoms with E-state index in [0.717, 1.165) is 12.0 Å². The van der Waals surface area contributed by atoms with Gasteiger partial charge in [-0.1, -0.05) is 0 Å². The minimum absolute atomic E-state index is 0.861. The molecule has 1 heterocycles. The minimum Gasteiger partial charge on any atom is -0.299 e. The molecule has 1 radical (unpaired) electrons. The molecule has 1 aliphatic heterocycles. The first kappa shape index (κ1) is 4.80. The summed E-state index contributed by atoms with van der Waals surface area (Å²) < 4.78 is 0. The first-order valence-corrected chi connectivity index (χ1v) is 3.43. The Morgan fingerprint density at radius 2 is 2.25 bits per heavy atom. The van der Waals surface area contributed by atoms with Crippen LogP contribution in [0.4, 0.5) is 0 Å². The lowest BCUT2D eigenvalue weighted by Crippen LogP contribution is -2.25. The third-order valence-electron chi connectivity index (χ3n) is 2.52. The van der Waals surface area contributed by atoms with Gasteiger partial charge in [-0.2, -0.15) is 0 Å². The summed E-state index contributed by atoms with van der Waals surface area (Å²) in [6.45, 7) is 1.27. The molecule has 2 bridgehead atoms. The van der Waals surface area contributed by atoms with Crippen molar-refractivity contribution in [2.45, 2.75) is 25.3 Å². The van der Waals surface area contributed by atoms with E-state index < -0.39 is 0 Å². The predicted octanol–water partition coefficient (Wildman–Crippen LogP) is 1.26. The molecule has 2 rings (SSSR count). The van der Waals surface area contributed by atoms with Crippen LogP contribution in [0, 0.1) is 13.0 Å². The first-order chi connectivity index (χ1) is 3.86. The predicted molar refractivity (Wildman–Crippen MR) is 33.2 cm³/mol. The zero-order valence-corrected chi connectivity index (χ0v) is 5.14. The number of nitrogens with zero attached hydrogens (tertiary/aromatic N) is 1. The van der Waals surface area contributed by atoms with E-state index in [1.54, 1.807) is 0 Å². The molecule has 2 fully saturated rings. The number of hydrogen-bond acceptors (Lipinski definition) is 1. The molecule has 0 aromatic rings. The van der Waals surface area contributed by atoms with Crippen LogP contribution in [-0.2, 0) is 0 Å². The van der Waals surface area contributed by atoms with Crippen LogP contribution in [-0.4, -0.2) is 17.5 Å². The molecule has 0 amide bonds. The Hall–Kier alpha value is -0.0400. The van der Waals surface area contributed by atoms with E-state index in [9.17, 15) is 0 Å². The number of fused-ring (bicyclic) bond motifs is 2. The normalized spacial score (nSPS) is 46.1. The van der Waals surface area contributed by atoms with Crippen LogP contribution in [0.2, 0.25) is 0 Å². The number of rotatable bonds is 0. The molecule has 0 spiro atoms. The Morgan fingerprint density at radius 3 is 2.50 bits per heavy atom. The average molecular weight is 110 g/mol. The smallest absolute Gasteiger partial charge is 0.0113 e. The van der Waals surface area contributed by atoms with Gasteiger partial charge in [0.05, 0.1) is 0 Å². The third-order valence-corrected chi connectivity index (χ3v) is 2.52. The second-order valence-corrected chi connectivity index (χ2v) is 3.10. The Kier molecular flexibility index (Phi) is 0.884. The van der Waals surface area contributed by atoms with Crippen LogP contribution in [0.15, 0.2) is 0 Å². The maximum absolute atomic E-state index is 3.95. The summed E-state index contributed by atoms with van der Waals surface area (Å²) in [5, 5.41) is 0. The highest BCUT2D eigenvalue weighted by Gasteiger charge is 2.35. The quantitative estimate of drug-likeness (QED) is 0.454. The maximum Gasteiger partial charge on any atom is 0.0113 e. The highest BCUT2D eigenvalue weighted by molar-refractivity contribution is 4.91. The topological polar surface area (TPSA) is 3.24 Å². The lowest BCUT2D eigenvalue weighted by molar-refractivity contribution is 0.289. The Bertz CT molecular complexity index is 98.6. The summed E-state index contributed by atoms with van der Waals surface area (Å²) in [6, 6.07) is 0.861. The summed E-state index contributed by atoms with van der Waals surface area (Å²) in [5.41, 5.74) is 0. The van der Waals surface area contributed by atoms with E-state index in [1.807, 2.05) is 0 Å². The van der Waals surface area contributed by atoms with Crippen molar-refractivity contribution in [2.24, 2.45) is 5.92 Å². The van der Waals surface area contributed by atoms with Crippen LogP contribution in [0.5, 0.6) is 0 Å². The van der Waals surface area contributed by atoms with Gasteiger partial charge in [-0.25, -0.2) is 0 Å². The van der Waals surface area contributed by atoms with E-state index in [0.29, 0.717) is 0 Å². The lowest BCUT2D eigenvalue weighted by Gasteiger charge is -2.20. The van der Waals surface area contributed by atoms with Gasteiger partial charge in [0, 0.05) is 19.6 Å². The van der Waals surface area contributed by atoms with E-state index in [1.165, 1.54) is 25.8 Å². The van der Waals surface area contributed by atoms with Gasteiger partial charge in [0.1, 0.15) is 0 Å². The molecule has 2 unspecified atom stereocenters. The zero-order valence-electron chi connectivity index (χ0n) is 5.14. The average Bonchev–Trinajstić information content (AvgIpc) is 2.23. The van der Waals surface area contributed by atoms with Crippen molar-refractivity contribution in [2.75, 3.05) is 6.54 Å². The Balaban J connectivity index is 2.11. The van der Waals surface area contributed by atoms with E-state index in [2.05, 4.69) is 11.9 Å². The third kappa shape index (κ3) is 0.510. The molecular weight excluding hydrogens is 98.1 g/mol. The molecular formula is C7H12N. The molecule has 0 aromatic heterocycles. The number of piperidine rings is 1. The van der Waals surface area contributed by atoms with Gasteiger partial charge >= 0.3 is 0 Å². The van der Waals surface area contributed by atoms with Gasteiger partial charge in [0.2, 0.25) is 0 Å². The first-order valence-electron chi connectivity index (χ1n) is 3.43. The van der Waals surface area contributed by atoms with E-state index >= 15 is 0 Å². The monoisotopic (exact) mass is 110 g/mol. The summed E-state index contributed by atoms with van der Waals surface area (Å²) in [5.74, 6) is 1.01. The van der Waals surface area contributed by atoms with E-state index in [4.69, 9.17) is 0 Å². The SMILES string of the molecule is [CH2]N1CC2CCC1C2. The van der Waals surface area contributed by atoms with Gasteiger partial charge in [-0.15, -0.1) is 0 Å². The molecule has 1 aliphatic carbocycles. The standard InChI is InChI=1S/C7H12N/c1-8-5-6-2-3-7(8)4-6/h6-7H,1-5H2. The summed E-state index contributed by atoms with van der Waals surface area (Å²) in [6.07, 6.45) is 4.31. The number of hydrogen-bond donors (Lipinski definition) is 0. The highest BCUT2D eigenvalue weighted by atomic mass is 15.2. The molecule has 8 heavy (non-hydrogen) atoms. The second kappa shape index (κ2) is 1.47. The molecule has 0 aromatic carbocycles. The van der Waals surface area contributed by atoms with Crippen LogP contribution >= 0.6 is 0 Å². The van der Waals surface area contributed by atoms with Crippen molar-refractivity contribution in [3.05, 3.63) is 7.05 Å². The molecule has 2 atom stereocenters. The molecule has 1 heteroatoms. The van der Waals surface area contributed by atoms with Crippen LogP contribution in [0.25, 0.3) is 0 Å². The fourth-order valence-electron chi connectivity index (χ4n) is 2.03. The van der Waals surface area contributed by atoms with Crippen molar-refractivity contribution in [1.82, 2.24) is 4.90 Å².